The molecule has 1 heterocycles. The number of nitrogens with one attached hydrogen (secondary N) is 1. The van der Waals surface area contributed by atoms with Gasteiger partial charge in [0.15, 0.2) is 0 Å². The first-order valence-corrected chi connectivity index (χ1v) is 5.29. The van der Waals surface area contributed by atoms with Gasteiger partial charge >= 0.3 is 0 Å². The number of carbonyl (C=O) groups excluding carboxylic acids is 1. The summed E-state index contributed by atoms with van der Waals surface area (Å²) in [6.45, 7) is 2.07. The first-order valence-electron chi connectivity index (χ1n) is 5.29. The van der Waals surface area contributed by atoms with Crippen molar-refractivity contribution >= 4 is 5.91 Å². The molecule has 80 valence electrons. The zero-order valence-electron chi connectivity index (χ0n) is 8.86. The first kappa shape index (κ1) is 10.2. The maximum atomic E-state index is 11.0. The number of carbonyl (C=O) groups is 1. The zero-order chi connectivity index (χ0) is 10.8. The van der Waals surface area contributed by atoms with Crippen LogP contribution in [0.5, 0.6) is 0 Å². The third-order valence-corrected chi connectivity index (χ3v) is 2.93. The number of hydrogen-bond donors (Lipinski definition) is 2. The summed E-state index contributed by atoms with van der Waals surface area (Å²) in [7, 11) is 0. The Hall–Kier alpha value is -1.35. The Morgan fingerprint density at radius 3 is 2.87 bits per heavy atom. The van der Waals surface area contributed by atoms with Crippen molar-refractivity contribution in [1.29, 1.82) is 0 Å². The molecule has 3 N–H and O–H groups in total. The van der Waals surface area contributed by atoms with Crippen LogP contribution in [0, 0.1) is 6.92 Å². The van der Waals surface area contributed by atoms with Gasteiger partial charge < -0.3 is 5.73 Å². The highest BCUT2D eigenvalue weighted by atomic mass is 16.1. The van der Waals surface area contributed by atoms with Gasteiger partial charge in [0.2, 0.25) is 5.91 Å². The van der Waals surface area contributed by atoms with Crippen LogP contribution < -0.4 is 11.1 Å². The van der Waals surface area contributed by atoms with Gasteiger partial charge in [0.05, 0.1) is 6.04 Å². The molecule has 2 unspecified atom stereocenters. The third kappa shape index (κ3) is 2.18. The fraction of sp³-hybridized carbons (Fsp3) is 0.417. The average Bonchev–Trinajstić information content (AvgIpc) is 2.66. The van der Waals surface area contributed by atoms with E-state index in [4.69, 9.17) is 5.73 Å². The topological polar surface area (TPSA) is 55.1 Å². The summed E-state index contributed by atoms with van der Waals surface area (Å²) in [5.41, 5.74) is 7.76. The van der Waals surface area contributed by atoms with Gasteiger partial charge in [-0.1, -0.05) is 29.8 Å². The van der Waals surface area contributed by atoms with Crippen molar-refractivity contribution in [3.8, 4) is 0 Å². The number of aryl methyl sites for hydroxylation is 1. The van der Waals surface area contributed by atoms with Crippen molar-refractivity contribution in [2.24, 2.45) is 5.73 Å². The van der Waals surface area contributed by atoms with Crippen LogP contribution in [0.25, 0.3) is 0 Å². The molecule has 1 fully saturated rings. The smallest absolute Gasteiger partial charge is 0.234 e. The van der Waals surface area contributed by atoms with E-state index < -0.39 is 0 Å². The molecule has 1 aliphatic heterocycles. The van der Waals surface area contributed by atoms with Crippen molar-refractivity contribution in [2.45, 2.75) is 31.8 Å². The van der Waals surface area contributed by atoms with Gasteiger partial charge in [-0.25, -0.2) is 0 Å². The molecule has 2 rings (SSSR count). The molecular weight excluding hydrogens is 188 g/mol. The van der Waals surface area contributed by atoms with Crippen LogP contribution in [-0.2, 0) is 4.79 Å². The summed E-state index contributed by atoms with van der Waals surface area (Å²) < 4.78 is 0. The van der Waals surface area contributed by atoms with Crippen LogP contribution in [0.15, 0.2) is 24.3 Å². The number of primary amides is 1. The molecule has 1 aromatic rings. The van der Waals surface area contributed by atoms with E-state index in [0.717, 1.165) is 12.8 Å². The summed E-state index contributed by atoms with van der Waals surface area (Å²) in [4.78, 5) is 11.0. The maximum absolute atomic E-state index is 11.0. The molecule has 1 aromatic carbocycles. The minimum absolute atomic E-state index is 0.157. The highest BCUT2D eigenvalue weighted by molar-refractivity contribution is 5.80. The van der Waals surface area contributed by atoms with Crippen LogP contribution in [0.4, 0.5) is 0 Å². The number of rotatable bonds is 2. The molecule has 0 aliphatic carbocycles. The third-order valence-electron chi connectivity index (χ3n) is 2.93. The normalized spacial score (nSPS) is 25.4. The molecule has 0 radical (unpaired) electrons. The van der Waals surface area contributed by atoms with Gasteiger partial charge in [-0.3, -0.25) is 10.1 Å². The van der Waals surface area contributed by atoms with Crippen molar-refractivity contribution in [3.05, 3.63) is 35.4 Å². The second kappa shape index (κ2) is 4.03. The van der Waals surface area contributed by atoms with Gasteiger partial charge in [0.1, 0.15) is 0 Å². The van der Waals surface area contributed by atoms with Crippen molar-refractivity contribution in [3.63, 3.8) is 0 Å². The Morgan fingerprint density at radius 1 is 1.47 bits per heavy atom. The molecule has 0 spiro atoms. The summed E-state index contributed by atoms with van der Waals surface area (Å²) in [5.74, 6) is -0.245. The van der Waals surface area contributed by atoms with Crippen LogP contribution in [-0.4, -0.2) is 11.9 Å². The average molecular weight is 204 g/mol. The largest absolute Gasteiger partial charge is 0.368 e. The standard InChI is InChI=1S/C12H16N2O/c1-8-3-2-4-9(7-8)10-5-6-11(14-10)12(13)15/h2-4,7,10-11,14H,5-6H2,1H3,(H2,13,15). The summed E-state index contributed by atoms with van der Waals surface area (Å²) in [6.07, 6.45) is 1.82. The van der Waals surface area contributed by atoms with E-state index in [1.807, 2.05) is 6.07 Å². The minimum atomic E-state index is -0.245. The molecule has 1 saturated heterocycles. The number of benzene rings is 1. The first-order chi connectivity index (χ1) is 7.16. The number of hydrogen-bond acceptors (Lipinski definition) is 2. The monoisotopic (exact) mass is 204 g/mol. The lowest BCUT2D eigenvalue weighted by atomic mass is 10.0. The lowest BCUT2D eigenvalue weighted by molar-refractivity contribution is -0.119. The second-order valence-corrected chi connectivity index (χ2v) is 4.17. The lowest BCUT2D eigenvalue weighted by Crippen LogP contribution is -2.37. The molecule has 0 bridgehead atoms. The Bertz CT molecular complexity index is 376. The predicted octanol–water partition coefficient (Wildman–Crippen LogP) is 1.27. The van der Waals surface area contributed by atoms with Gasteiger partial charge in [0.25, 0.3) is 0 Å². The van der Waals surface area contributed by atoms with Crippen molar-refractivity contribution < 1.29 is 4.79 Å². The van der Waals surface area contributed by atoms with Gasteiger partial charge in [0, 0.05) is 6.04 Å². The number of nitrogens with two attached hydrogens (primary N) is 1. The van der Waals surface area contributed by atoms with Gasteiger partial charge in [-0.15, -0.1) is 0 Å². The summed E-state index contributed by atoms with van der Waals surface area (Å²) >= 11 is 0. The number of amides is 1. The zero-order valence-corrected chi connectivity index (χ0v) is 8.86. The molecular formula is C12H16N2O. The van der Waals surface area contributed by atoms with E-state index >= 15 is 0 Å². The molecule has 0 aromatic heterocycles. The molecule has 0 saturated carbocycles. The molecule has 3 heteroatoms. The Morgan fingerprint density at radius 2 is 2.27 bits per heavy atom. The van der Waals surface area contributed by atoms with E-state index in [-0.39, 0.29) is 18.0 Å². The Labute approximate surface area is 89.7 Å². The van der Waals surface area contributed by atoms with Crippen LogP contribution in [0.2, 0.25) is 0 Å². The predicted molar refractivity (Wildman–Crippen MR) is 59.3 cm³/mol. The van der Waals surface area contributed by atoms with E-state index in [1.165, 1.54) is 11.1 Å². The van der Waals surface area contributed by atoms with Crippen molar-refractivity contribution in [2.75, 3.05) is 0 Å². The van der Waals surface area contributed by atoms with Gasteiger partial charge in [-0.05, 0) is 25.3 Å². The Kier molecular flexibility index (Phi) is 2.73. The van der Waals surface area contributed by atoms with E-state index in [9.17, 15) is 4.79 Å². The Balaban J connectivity index is 2.11. The lowest BCUT2D eigenvalue weighted by Gasteiger charge is -2.13. The minimum Gasteiger partial charge on any atom is -0.368 e. The molecule has 15 heavy (non-hydrogen) atoms. The van der Waals surface area contributed by atoms with Gasteiger partial charge in [-0.2, -0.15) is 0 Å². The van der Waals surface area contributed by atoms with E-state index in [1.54, 1.807) is 0 Å². The van der Waals surface area contributed by atoms with E-state index in [0.29, 0.717) is 0 Å². The summed E-state index contributed by atoms with van der Waals surface area (Å²) in [6, 6.07) is 8.49. The quantitative estimate of drug-likeness (QED) is 0.762. The highest BCUT2D eigenvalue weighted by Gasteiger charge is 2.28. The summed E-state index contributed by atoms with van der Waals surface area (Å²) in [5, 5.41) is 3.26. The second-order valence-electron chi connectivity index (χ2n) is 4.17. The van der Waals surface area contributed by atoms with Crippen LogP contribution in [0.3, 0.4) is 0 Å². The fourth-order valence-corrected chi connectivity index (χ4v) is 2.12. The highest BCUT2D eigenvalue weighted by Crippen LogP contribution is 2.26. The van der Waals surface area contributed by atoms with Crippen molar-refractivity contribution in [1.82, 2.24) is 5.32 Å². The van der Waals surface area contributed by atoms with Crippen LogP contribution >= 0.6 is 0 Å². The molecule has 1 amide bonds. The SMILES string of the molecule is Cc1cccc(C2CCC(C(N)=O)N2)c1. The molecule has 3 nitrogen and oxygen atoms in total. The molecule has 1 aliphatic rings. The molecule has 2 atom stereocenters. The van der Waals surface area contributed by atoms with Crippen LogP contribution in [0.1, 0.15) is 30.0 Å². The fourth-order valence-electron chi connectivity index (χ4n) is 2.12. The van der Waals surface area contributed by atoms with E-state index in [2.05, 4.69) is 30.4 Å². The maximum Gasteiger partial charge on any atom is 0.234 e.